The van der Waals surface area contributed by atoms with Gasteiger partial charge >= 0.3 is 6.09 Å². The Bertz CT molecular complexity index is 569. The molecule has 5 heteroatoms. The molecule has 128 valence electrons. The predicted molar refractivity (Wildman–Crippen MR) is 102 cm³/mol. The summed E-state index contributed by atoms with van der Waals surface area (Å²) in [5.41, 5.74) is 2.25. The Balaban J connectivity index is 1.96. The second-order valence-electron chi connectivity index (χ2n) is 7.31. The van der Waals surface area contributed by atoms with Crippen molar-refractivity contribution in [3.8, 4) is 0 Å². The quantitative estimate of drug-likeness (QED) is 0.664. The minimum atomic E-state index is -0.439. The summed E-state index contributed by atoms with van der Waals surface area (Å²) in [6.45, 7) is 13.4. The topological polar surface area (TPSA) is 32.8 Å². The molecule has 0 N–H and O–H groups in total. The number of hydrogen-bond donors (Lipinski definition) is 0. The molecule has 1 amide bonds. The van der Waals surface area contributed by atoms with Crippen LogP contribution in [0.15, 0.2) is 18.2 Å². The Morgan fingerprint density at radius 3 is 2.65 bits per heavy atom. The maximum atomic E-state index is 12.3. The largest absolute Gasteiger partial charge is 0.444 e. The van der Waals surface area contributed by atoms with Crippen LogP contribution in [-0.4, -0.2) is 47.2 Å². The van der Waals surface area contributed by atoms with Gasteiger partial charge in [-0.1, -0.05) is 18.2 Å². The smallest absolute Gasteiger partial charge is 0.410 e. The van der Waals surface area contributed by atoms with E-state index in [4.69, 9.17) is 4.74 Å². The van der Waals surface area contributed by atoms with Gasteiger partial charge in [0.25, 0.3) is 0 Å². The number of rotatable bonds is 2. The van der Waals surface area contributed by atoms with Crippen LogP contribution in [0.2, 0.25) is 0 Å². The van der Waals surface area contributed by atoms with Gasteiger partial charge in [0.2, 0.25) is 0 Å². The lowest BCUT2D eigenvalue weighted by molar-refractivity contribution is 0.000539. The van der Waals surface area contributed by atoms with Crippen LogP contribution in [0.1, 0.15) is 38.8 Å². The molecule has 1 aliphatic rings. The van der Waals surface area contributed by atoms with Crippen molar-refractivity contribution in [1.82, 2.24) is 9.80 Å². The molecule has 0 saturated carbocycles. The molecule has 1 aromatic rings. The van der Waals surface area contributed by atoms with Crippen LogP contribution < -0.4 is 0 Å². The van der Waals surface area contributed by atoms with Gasteiger partial charge in [-0.15, -0.1) is 0 Å². The number of amides is 1. The van der Waals surface area contributed by atoms with E-state index in [1.165, 1.54) is 14.7 Å². The van der Waals surface area contributed by atoms with E-state index in [9.17, 15) is 4.79 Å². The van der Waals surface area contributed by atoms with Gasteiger partial charge in [0.15, 0.2) is 0 Å². The SMILES string of the molecule is Cc1cccc(CN2CCN(C(=O)OC(C)(C)C)C(C)C2)c1I. The molecule has 23 heavy (non-hydrogen) atoms. The van der Waals surface area contributed by atoms with Gasteiger partial charge in [0.1, 0.15) is 5.60 Å². The van der Waals surface area contributed by atoms with Crippen molar-refractivity contribution >= 4 is 28.7 Å². The zero-order valence-corrected chi connectivity index (χ0v) is 16.9. The first-order chi connectivity index (χ1) is 10.7. The highest BCUT2D eigenvalue weighted by Gasteiger charge is 2.30. The van der Waals surface area contributed by atoms with E-state index in [-0.39, 0.29) is 12.1 Å². The van der Waals surface area contributed by atoms with Crippen molar-refractivity contribution in [1.29, 1.82) is 0 Å². The molecule has 1 aliphatic heterocycles. The van der Waals surface area contributed by atoms with E-state index < -0.39 is 5.60 Å². The van der Waals surface area contributed by atoms with Crippen molar-refractivity contribution in [3.05, 3.63) is 32.9 Å². The number of nitrogens with zero attached hydrogens (tertiary/aromatic N) is 2. The second kappa shape index (κ2) is 7.38. The van der Waals surface area contributed by atoms with E-state index in [1.54, 1.807) is 0 Å². The van der Waals surface area contributed by atoms with E-state index in [2.05, 4.69) is 59.5 Å². The third kappa shape index (κ3) is 5.08. The molecule has 0 spiro atoms. The van der Waals surface area contributed by atoms with Crippen LogP contribution in [0.4, 0.5) is 4.79 Å². The molecule has 1 unspecified atom stereocenters. The first-order valence-corrected chi connectivity index (χ1v) is 9.21. The maximum Gasteiger partial charge on any atom is 0.410 e. The fourth-order valence-electron chi connectivity index (χ4n) is 2.84. The third-order valence-corrected chi connectivity index (χ3v) is 5.55. The van der Waals surface area contributed by atoms with Crippen LogP contribution in [0, 0.1) is 10.5 Å². The highest BCUT2D eigenvalue weighted by atomic mass is 127. The number of piperazine rings is 1. The highest BCUT2D eigenvalue weighted by molar-refractivity contribution is 14.1. The van der Waals surface area contributed by atoms with Gasteiger partial charge in [-0.2, -0.15) is 0 Å². The third-order valence-electron chi connectivity index (χ3n) is 4.01. The lowest BCUT2D eigenvalue weighted by Crippen LogP contribution is -2.54. The van der Waals surface area contributed by atoms with Crippen molar-refractivity contribution in [3.63, 3.8) is 0 Å². The van der Waals surface area contributed by atoms with Crippen LogP contribution in [0.25, 0.3) is 0 Å². The number of halogens is 1. The van der Waals surface area contributed by atoms with Gasteiger partial charge in [-0.3, -0.25) is 4.90 Å². The predicted octanol–water partition coefficient (Wildman–Crippen LogP) is 4.04. The summed E-state index contributed by atoms with van der Waals surface area (Å²) >= 11 is 2.42. The first kappa shape index (κ1) is 18.5. The van der Waals surface area contributed by atoms with Crippen LogP contribution in [0.3, 0.4) is 0 Å². The standard InChI is InChI=1S/C18H27IN2O2/c1-13-7-6-8-15(16(13)19)12-20-9-10-21(14(2)11-20)17(22)23-18(3,4)5/h6-8,14H,9-12H2,1-5H3. The average molecular weight is 430 g/mol. The average Bonchev–Trinajstić information content (AvgIpc) is 2.42. The normalized spacial score (nSPS) is 19.7. The van der Waals surface area contributed by atoms with Gasteiger partial charge in [-0.25, -0.2) is 4.79 Å². The summed E-state index contributed by atoms with van der Waals surface area (Å²) in [6, 6.07) is 6.63. The molecule has 1 atom stereocenters. The summed E-state index contributed by atoms with van der Waals surface area (Å²) in [7, 11) is 0. The molecule has 4 nitrogen and oxygen atoms in total. The molecule has 0 radical (unpaired) electrons. The van der Waals surface area contributed by atoms with Crippen molar-refractivity contribution in [2.45, 2.75) is 52.8 Å². The minimum Gasteiger partial charge on any atom is -0.444 e. The Hall–Kier alpha value is -0.820. The summed E-state index contributed by atoms with van der Waals surface area (Å²) < 4.78 is 6.84. The molecule has 2 rings (SSSR count). The summed E-state index contributed by atoms with van der Waals surface area (Å²) in [5.74, 6) is 0. The van der Waals surface area contributed by atoms with E-state index >= 15 is 0 Å². The molecule has 0 aliphatic carbocycles. The number of aryl methyl sites for hydroxylation is 1. The fraction of sp³-hybridized carbons (Fsp3) is 0.611. The molecule has 1 fully saturated rings. The molecule has 0 bridgehead atoms. The van der Waals surface area contributed by atoms with Crippen LogP contribution in [0.5, 0.6) is 0 Å². The zero-order valence-electron chi connectivity index (χ0n) is 14.7. The Labute approximate surface area is 153 Å². The molecular weight excluding hydrogens is 403 g/mol. The van der Waals surface area contributed by atoms with Gasteiger partial charge in [0.05, 0.1) is 0 Å². The number of carbonyl (C=O) groups excluding carboxylic acids is 1. The molecule has 1 heterocycles. The van der Waals surface area contributed by atoms with Gasteiger partial charge in [0, 0.05) is 35.8 Å². The summed E-state index contributed by atoms with van der Waals surface area (Å²) in [5, 5.41) is 0. The number of benzene rings is 1. The summed E-state index contributed by atoms with van der Waals surface area (Å²) in [6.07, 6.45) is -0.199. The van der Waals surface area contributed by atoms with E-state index in [0.717, 1.165) is 26.2 Å². The minimum absolute atomic E-state index is 0.168. The van der Waals surface area contributed by atoms with Crippen LogP contribution >= 0.6 is 22.6 Å². The molecular formula is C18H27IN2O2. The fourth-order valence-corrected chi connectivity index (χ4v) is 3.37. The Kier molecular flexibility index (Phi) is 5.94. The van der Waals surface area contributed by atoms with Gasteiger partial charge in [-0.05, 0) is 68.3 Å². The lowest BCUT2D eigenvalue weighted by atomic mass is 10.1. The molecule has 0 aromatic heterocycles. The molecule has 1 aromatic carbocycles. The van der Waals surface area contributed by atoms with E-state index in [0.29, 0.717) is 0 Å². The number of carbonyl (C=O) groups is 1. The number of hydrogen-bond acceptors (Lipinski definition) is 3. The van der Waals surface area contributed by atoms with Crippen LogP contribution in [-0.2, 0) is 11.3 Å². The van der Waals surface area contributed by atoms with Crippen molar-refractivity contribution in [2.75, 3.05) is 19.6 Å². The highest BCUT2D eigenvalue weighted by Crippen LogP contribution is 2.21. The monoisotopic (exact) mass is 430 g/mol. The maximum absolute atomic E-state index is 12.3. The second-order valence-corrected chi connectivity index (χ2v) is 8.38. The van der Waals surface area contributed by atoms with Gasteiger partial charge < -0.3 is 9.64 Å². The Morgan fingerprint density at radius 1 is 1.35 bits per heavy atom. The molecule has 1 saturated heterocycles. The number of ether oxygens (including phenoxy) is 1. The van der Waals surface area contributed by atoms with Crippen molar-refractivity contribution < 1.29 is 9.53 Å². The zero-order chi connectivity index (χ0) is 17.2. The van der Waals surface area contributed by atoms with E-state index in [1.807, 2.05) is 25.7 Å². The Morgan fingerprint density at radius 2 is 2.04 bits per heavy atom. The lowest BCUT2D eigenvalue weighted by Gasteiger charge is -2.40. The first-order valence-electron chi connectivity index (χ1n) is 8.13. The summed E-state index contributed by atoms with van der Waals surface area (Å²) in [4.78, 5) is 16.5. The van der Waals surface area contributed by atoms with Crippen molar-refractivity contribution in [2.24, 2.45) is 0 Å².